The van der Waals surface area contributed by atoms with E-state index in [-0.39, 0.29) is 4.31 Å². The fraction of sp³-hybridized carbons (Fsp3) is 0.188. The van der Waals surface area contributed by atoms with Crippen LogP contribution in [0.1, 0.15) is 11.6 Å². The van der Waals surface area contributed by atoms with Crippen LogP contribution in [0.15, 0.2) is 60.7 Å². The van der Waals surface area contributed by atoms with Gasteiger partial charge in [0.1, 0.15) is 0 Å². The SMILES string of the molecule is O=C1N(c2ccccc2)C(c2ccccc2)CN1S(=O)(=O)C(F)(F)F. The van der Waals surface area contributed by atoms with Crippen LogP contribution in [0.4, 0.5) is 23.7 Å². The topological polar surface area (TPSA) is 57.7 Å². The summed E-state index contributed by atoms with van der Waals surface area (Å²) in [6.45, 7) is -0.612. The molecule has 1 saturated heterocycles. The predicted molar refractivity (Wildman–Crippen MR) is 85.2 cm³/mol. The van der Waals surface area contributed by atoms with Crippen molar-refractivity contribution in [2.24, 2.45) is 0 Å². The average molecular weight is 370 g/mol. The van der Waals surface area contributed by atoms with Crippen molar-refractivity contribution in [1.29, 1.82) is 0 Å². The van der Waals surface area contributed by atoms with Crippen LogP contribution in [0.5, 0.6) is 0 Å². The average Bonchev–Trinajstić information content (AvgIpc) is 2.93. The second kappa shape index (κ2) is 6.07. The third-order valence-corrected chi connectivity index (χ3v) is 5.34. The molecule has 1 aliphatic heterocycles. The summed E-state index contributed by atoms with van der Waals surface area (Å²) in [6, 6.07) is 14.3. The number of carbonyl (C=O) groups is 1. The molecule has 0 spiro atoms. The van der Waals surface area contributed by atoms with E-state index in [1.807, 2.05) is 0 Å². The molecule has 3 rings (SSSR count). The van der Waals surface area contributed by atoms with Gasteiger partial charge in [-0.3, -0.25) is 4.90 Å². The minimum Gasteiger partial charge on any atom is -0.284 e. The largest absolute Gasteiger partial charge is 0.516 e. The quantitative estimate of drug-likeness (QED) is 0.831. The van der Waals surface area contributed by atoms with E-state index >= 15 is 0 Å². The number of nitrogens with zero attached hydrogens (tertiary/aromatic N) is 2. The van der Waals surface area contributed by atoms with Crippen LogP contribution >= 0.6 is 0 Å². The van der Waals surface area contributed by atoms with Crippen molar-refractivity contribution < 1.29 is 26.4 Å². The molecule has 0 saturated carbocycles. The van der Waals surface area contributed by atoms with E-state index in [4.69, 9.17) is 0 Å². The first-order valence-corrected chi connectivity index (χ1v) is 8.69. The van der Waals surface area contributed by atoms with Crippen molar-refractivity contribution in [2.45, 2.75) is 11.6 Å². The molecule has 1 atom stereocenters. The normalized spacial score (nSPS) is 18.7. The van der Waals surface area contributed by atoms with Gasteiger partial charge in [-0.05, 0) is 17.7 Å². The lowest BCUT2D eigenvalue weighted by molar-refractivity contribution is -0.0475. The summed E-state index contributed by atoms with van der Waals surface area (Å²) in [5.41, 5.74) is -4.68. The van der Waals surface area contributed by atoms with Gasteiger partial charge in [0.05, 0.1) is 12.6 Å². The molecule has 2 aromatic rings. The molecule has 0 aromatic heterocycles. The van der Waals surface area contributed by atoms with Crippen molar-refractivity contribution in [3.63, 3.8) is 0 Å². The maximum atomic E-state index is 12.9. The Hall–Kier alpha value is -2.55. The van der Waals surface area contributed by atoms with Crippen LogP contribution in [-0.4, -0.2) is 30.8 Å². The summed E-state index contributed by atoms with van der Waals surface area (Å²) >= 11 is 0. The smallest absolute Gasteiger partial charge is 0.284 e. The number of rotatable bonds is 3. The fourth-order valence-corrected chi connectivity index (χ4v) is 3.59. The highest BCUT2D eigenvalue weighted by Gasteiger charge is 2.56. The summed E-state index contributed by atoms with van der Waals surface area (Å²) < 4.78 is 62.2. The Labute approximate surface area is 142 Å². The van der Waals surface area contributed by atoms with Gasteiger partial charge in [0.25, 0.3) is 0 Å². The van der Waals surface area contributed by atoms with Crippen LogP contribution in [0.2, 0.25) is 0 Å². The van der Waals surface area contributed by atoms with E-state index in [1.165, 1.54) is 12.1 Å². The number of hydrogen-bond donors (Lipinski definition) is 0. The van der Waals surface area contributed by atoms with Gasteiger partial charge in [0.15, 0.2) is 0 Å². The summed E-state index contributed by atoms with van der Waals surface area (Å²) in [6.07, 6.45) is 0. The molecule has 9 heteroatoms. The van der Waals surface area contributed by atoms with Crippen molar-refractivity contribution in [3.05, 3.63) is 66.2 Å². The maximum Gasteiger partial charge on any atom is 0.516 e. The number of anilines is 1. The zero-order valence-corrected chi connectivity index (χ0v) is 13.5. The molecule has 2 amide bonds. The Kier molecular flexibility index (Phi) is 4.19. The number of halogens is 3. The maximum absolute atomic E-state index is 12.9. The van der Waals surface area contributed by atoms with Gasteiger partial charge in [-0.25, -0.2) is 9.10 Å². The van der Waals surface area contributed by atoms with Crippen LogP contribution in [0.25, 0.3) is 0 Å². The van der Waals surface area contributed by atoms with Gasteiger partial charge in [-0.2, -0.15) is 21.6 Å². The Balaban J connectivity index is 2.09. The summed E-state index contributed by atoms with van der Waals surface area (Å²) in [4.78, 5) is 13.6. The summed E-state index contributed by atoms with van der Waals surface area (Å²) in [5, 5.41) is 0. The molecule has 1 unspecified atom stereocenters. The van der Waals surface area contributed by atoms with Gasteiger partial charge in [0.2, 0.25) is 0 Å². The van der Waals surface area contributed by atoms with E-state index in [1.54, 1.807) is 48.5 Å². The van der Waals surface area contributed by atoms with Gasteiger partial charge < -0.3 is 0 Å². The second-order valence-electron chi connectivity index (χ2n) is 5.40. The lowest BCUT2D eigenvalue weighted by atomic mass is 10.1. The molecule has 25 heavy (non-hydrogen) atoms. The predicted octanol–water partition coefficient (Wildman–Crippen LogP) is 3.52. The number of hydrogen-bond acceptors (Lipinski definition) is 3. The van der Waals surface area contributed by atoms with Crippen molar-refractivity contribution >= 4 is 21.7 Å². The van der Waals surface area contributed by atoms with Crippen LogP contribution in [-0.2, 0) is 10.0 Å². The van der Waals surface area contributed by atoms with Gasteiger partial charge in [0, 0.05) is 5.69 Å². The van der Waals surface area contributed by atoms with E-state index < -0.39 is 34.1 Å². The van der Waals surface area contributed by atoms with E-state index in [0.717, 1.165) is 4.90 Å². The Morgan fingerprint density at radius 2 is 1.44 bits per heavy atom. The number of amides is 2. The molecule has 0 bridgehead atoms. The number of para-hydroxylation sites is 1. The fourth-order valence-electron chi connectivity index (χ4n) is 2.70. The molecule has 5 nitrogen and oxygen atoms in total. The van der Waals surface area contributed by atoms with E-state index in [2.05, 4.69) is 0 Å². The van der Waals surface area contributed by atoms with Gasteiger partial charge in [-0.15, -0.1) is 0 Å². The first kappa shape index (κ1) is 17.3. The summed E-state index contributed by atoms with van der Waals surface area (Å²) in [7, 11) is -5.77. The number of sulfonamides is 1. The molecule has 1 aliphatic rings. The van der Waals surface area contributed by atoms with E-state index in [9.17, 15) is 26.4 Å². The molecule has 0 aliphatic carbocycles. The monoisotopic (exact) mass is 370 g/mol. The lowest BCUT2D eigenvalue weighted by Crippen LogP contribution is -2.43. The molecule has 2 aromatic carbocycles. The highest BCUT2D eigenvalue weighted by atomic mass is 32.2. The Morgan fingerprint density at radius 1 is 0.920 bits per heavy atom. The molecule has 0 N–H and O–H groups in total. The lowest BCUT2D eigenvalue weighted by Gasteiger charge is -2.23. The Morgan fingerprint density at radius 3 is 1.96 bits per heavy atom. The molecule has 0 radical (unpaired) electrons. The molecule has 1 fully saturated rings. The zero-order valence-electron chi connectivity index (χ0n) is 12.7. The first-order chi connectivity index (χ1) is 11.7. The minimum absolute atomic E-state index is 0.113. The summed E-state index contributed by atoms with van der Waals surface area (Å²) in [5.74, 6) is 0. The van der Waals surface area contributed by atoms with Crippen LogP contribution in [0.3, 0.4) is 0 Å². The highest BCUT2D eigenvalue weighted by Crippen LogP contribution is 2.39. The van der Waals surface area contributed by atoms with Gasteiger partial charge >= 0.3 is 21.6 Å². The standard InChI is InChI=1S/C16H13F3N2O3S/c17-16(18,19)25(23,24)20-11-14(12-7-3-1-4-8-12)21(15(20)22)13-9-5-2-6-10-13/h1-10,14H,11H2. The van der Waals surface area contributed by atoms with Gasteiger partial charge in [-0.1, -0.05) is 48.5 Å². The highest BCUT2D eigenvalue weighted by molar-refractivity contribution is 7.90. The molecular formula is C16H13F3N2O3S. The minimum atomic E-state index is -5.77. The molecule has 132 valence electrons. The number of alkyl halides is 3. The van der Waals surface area contributed by atoms with Crippen molar-refractivity contribution in [3.8, 4) is 0 Å². The Bertz CT molecular complexity index is 871. The number of benzene rings is 2. The van der Waals surface area contributed by atoms with Crippen molar-refractivity contribution in [1.82, 2.24) is 4.31 Å². The number of carbonyl (C=O) groups excluding carboxylic acids is 1. The van der Waals surface area contributed by atoms with Crippen LogP contribution in [0, 0.1) is 0 Å². The van der Waals surface area contributed by atoms with E-state index in [0.29, 0.717) is 11.3 Å². The first-order valence-electron chi connectivity index (χ1n) is 7.25. The van der Waals surface area contributed by atoms with Crippen molar-refractivity contribution in [2.75, 3.05) is 11.4 Å². The third kappa shape index (κ3) is 2.95. The molecule has 1 heterocycles. The van der Waals surface area contributed by atoms with Crippen LogP contribution < -0.4 is 4.90 Å². The zero-order chi connectivity index (χ0) is 18.2. The second-order valence-corrected chi connectivity index (χ2v) is 7.25. The molecular weight excluding hydrogens is 357 g/mol. The third-order valence-electron chi connectivity index (χ3n) is 3.87. The number of urea groups is 1.